The van der Waals surface area contributed by atoms with E-state index in [9.17, 15) is 9.18 Å². The minimum atomic E-state index is -0.465. The van der Waals surface area contributed by atoms with Gasteiger partial charge in [0.25, 0.3) is 0 Å². The molecule has 0 spiro atoms. The number of carbonyl (C=O) groups is 1. The lowest BCUT2D eigenvalue weighted by molar-refractivity contribution is -0.121. The van der Waals surface area contributed by atoms with Gasteiger partial charge < -0.3 is 19.7 Å². The Hall–Kier alpha value is -3.39. The van der Waals surface area contributed by atoms with Crippen molar-refractivity contribution in [1.29, 1.82) is 0 Å². The number of carbonyl (C=O) groups excluding carboxylic acids is 1. The van der Waals surface area contributed by atoms with E-state index in [0.29, 0.717) is 35.6 Å². The Bertz CT molecular complexity index is 1070. The zero-order valence-electron chi connectivity index (χ0n) is 18.2. The summed E-state index contributed by atoms with van der Waals surface area (Å²) in [5, 5.41) is 9.44. The number of aromatic amines is 1. The van der Waals surface area contributed by atoms with E-state index in [2.05, 4.69) is 20.4 Å². The molecule has 3 aromatic rings. The summed E-state index contributed by atoms with van der Waals surface area (Å²) in [4.78, 5) is 15.0. The van der Waals surface area contributed by atoms with Crippen molar-refractivity contribution in [1.82, 2.24) is 15.1 Å². The molecule has 0 saturated carbocycles. The second kappa shape index (κ2) is 9.82. The van der Waals surface area contributed by atoms with E-state index in [1.54, 1.807) is 18.5 Å². The Kier molecular flexibility index (Phi) is 6.70. The van der Waals surface area contributed by atoms with Crippen molar-refractivity contribution in [3.8, 4) is 22.6 Å². The Labute approximate surface area is 186 Å². The van der Waals surface area contributed by atoms with Crippen LogP contribution in [0.2, 0.25) is 0 Å². The van der Waals surface area contributed by atoms with Gasteiger partial charge in [-0.05, 0) is 44.6 Å². The van der Waals surface area contributed by atoms with Crippen LogP contribution in [0.25, 0.3) is 11.1 Å². The number of H-pyrrole nitrogens is 1. The summed E-state index contributed by atoms with van der Waals surface area (Å²) >= 11 is 0. The van der Waals surface area contributed by atoms with Crippen LogP contribution in [0, 0.1) is 11.7 Å². The third kappa shape index (κ3) is 5.08. The van der Waals surface area contributed by atoms with E-state index in [-0.39, 0.29) is 18.4 Å². The van der Waals surface area contributed by atoms with Gasteiger partial charge in [0.05, 0.1) is 24.4 Å². The second-order valence-corrected chi connectivity index (χ2v) is 8.13. The lowest BCUT2D eigenvalue weighted by Crippen LogP contribution is -2.32. The summed E-state index contributed by atoms with van der Waals surface area (Å²) < 4.78 is 26.6. The highest BCUT2D eigenvalue weighted by Crippen LogP contribution is 2.34. The number of hydrogen-bond donors (Lipinski definition) is 2. The van der Waals surface area contributed by atoms with Gasteiger partial charge in [-0.15, -0.1) is 0 Å². The molecule has 2 N–H and O–H groups in total. The van der Waals surface area contributed by atoms with Crippen LogP contribution in [0.15, 0.2) is 48.8 Å². The number of ether oxygens (including phenoxy) is 2. The summed E-state index contributed by atoms with van der Waals surface area (Å²) in [6, 6.07) is 10.6. The van der Waals surface area contributed by atoms with E-state index in [1.807, 2.05) is 38.4 Å². The fourth-order valence-corrected chi connectivity index (χ4v) is 3.68. The molecule has 168 valence electrons. The van der Waals surface area contributed by atoms with Crippen LogP contribution >= 0.6 is 0 Å². The molecular weight excluding hydrogens is 411 g/mol. The molecule has 2 heterocycles. The molecule has 0 fully saturated rings. The standard InChI is InChI=1S/C24H27FN4O3/c1-29(2)8-5-9-31-23-11-19(18-13-26-27-14-18)20(25)12-21(23)28-24(30)17-10-16-6-3-4-7-22(16)32-15-17/h3-4,6-7,11-14,17H,5,8-10,15H2,1-2H3,(H,26,27)(H,28,30). The summed E-state index contributed by atoms with van der Waals surface area (Å²) in [6.07, 6.45) is 4.52. The van der Waals surface area contributed by atoms with Crippen LogP contribution in [-0.4, -0.2) is 54.9 Å². The molecule has 32 heavy (non-hydrogen) atoms. The van der Waals surface area contributed by atoms with Crippen molar-refractivity contribution in [2.75, 3.05) is 39.2 Å². The molecule has 0 radical (unpaired) electrons. The van der Waals surface area contributed by atoms with Crippen molar-refractivity contribution in [2.45, 2.75) is 12.8 Å². The van der Waals surface area contributed by atoms with Crippen molar-refractivity contribution in [2.24, 2.45) is 5.92 Å². The van der Waals surface area contributed by atoms with E-state index >= 15 is 0 Å². The van der Waals surface area contributed by atoms with Crippen LogP contribution in [0.4, 0.5) is 10.1 Å². The largest absolute Gasteiger partial charge is 0.492 e. The molecule has 1 atom stereocenters. The smallest absolute Gasteiger partial charge is 0.231 e. The minimum absolute atomic E-state index is 0.229. The number of fused-ring (bicyclic) bond motifs is 1. The number of rotatable bonds is 8. The number of nitrogens with one attached hydrogen (secondary N) is 2. The first kappa shape index (κ1) is 21.8. The molecule has 0 bridgehead atoms. The first-order valence-corrected chi connectivity index (χ1v) is 10.6. The zero-order valence-corrected chi connectivity index (χ0v) is 18.2. The highest BCUT2D eigenvalue weighted by atomic mass is 19.1. The quantitative estimate of drug-likeness (QED) is 0.524. The molecule has 1 unspecified atom stereocenters. The number of halogens is 1. The van der Waals surface area contributed by atoms with Gasteiger partial charge in [0, 0.05) is 29.9 Å². The predicted molar refractivity (Wildman–Crippen MR) is 120 cm³/mol. The molecule has 0 saturated heterocycles. The molecule has 1 aromatic heterocycles. The third-order valence-electron chi connectivity index (χ3n) is 5.39. The van der Waals surface area contributed by atoms with Crippen molar-refractivity contribution < 1.29 is 18.7 Å². The molecule has 7 nitrogen and oxygen atoms in total. The predicted octanol–water partition coefficient (Wildman–Crippen LogP) is 3.74. The first-order valence-electron chi connectivity index (χ1n) is 10.6. The fourth-order valence-electron chi connectivity index (χ4n) is 3.68. The number of amides is 1. The third-order valence-corrected chi connectivity index (χ3v) is 5.39. The average Bonchev–Trinajstić information content (AvgIpc) is 3.32. The van der Waals surface area contributed by atoms with E-state index in [1.165, 1.54) is 6.07 Å². The van der Waals surface area contributed by atoms with Crippen molar-refractivity contribution >= 4 is 11.6 Å². The summed E-state index contributed by atoms with van der Waals surface area (Å²) in [5.74, 6) is 0.160. The van der Waals surface area contributed by atoms with E-state index < -0.39 is 5.82 Å². The topological polar surface area (TPSA) is 79.5 Å². The van der Waals surface area contributed by atoms with Crippen LogP contribution in [-0.2, 0) is 11.2 Å². The lowest BCUT2D eigenvalue weighted by Gasteiger charge is -2.25. The van der Waals surface area contributed by atoms with E-state index in [4.69, 9.17) is 9.47 Å². The van der Waals surface area contributed by atoms with Gasteiger partial charge in [-0.25, -0.2) is 4.39 Å². The van der Waals surface area contributed by atoms with Gasteiger partial charge in [-0.3, -0.25) is 9.89 Å². The maximum Gasteiger partial charge on any atom is 0.231 e. The minimum Gasteiger partial charge on any atom is -0.492 e. The lowest BCUT2D eigenvalue weighted by atomic mass is 9.96. The van der Waals surface area contributed by atoms with Gasteiger partial charge >= 0.3 is 0 Å². The molecule has 1 amide bonds. The molecule has 4 rings (SSSR count). The highest BCUT2D eigenvalue weighted by molar-refractivity contribution is 5.95. The second-order valence-electron chi connectivity index (χ2n) is 8.13. The Morgan fingerprint density at radius 1 is 1.34 bits per heavy atom. The van der Waals surface area contributed by atoms with Gasteiger partial charge in [-0.1, -0.05) is 18.2 Å². The average molecular weight is 439 g/mol. The van der Waals surface area contributed by atoms with Crippen LogP contribution in [0.5, 0.6) is 11.5 Å². The molecule has 1 aliphatic heterocycles. The molecule has 8 heteroatoms. The number of hydrogen-bond acceptors (Lipinski definition) is 5. The number of anilines is 1. The van der Waals surface area contributed by atoms with Crippen LogP contribution < -0.4 is 14.8 Å². The number of para-hydroxylation sites is 1. The Morgan fingerprint density at radius 3 is 2.97 bits per heavy atom. The van der Waals surface area contributed by atoms with Crippen molar-refractivity contribution in [3.05, 3.63) is 60.2 Å². The van der Waals surface area contributed by atoms with Crippen molar-refractivity contribution in [3.63, 3.8) is 0 Å². The fraction of sp³-hybridized carbons (Fsp3) is 0.333. The van der Waals surface area contributed by atoms with Gasteiger partial charge in [0.2, 0.25) is 5.91 Å². The van der Waals surface area contributed by atoms with Crippen LogP contribution in [0.3, 0.4) is 0 Å². The Morgan fingerprint density at radius 2 is 2.19 bits per heavy atom. The van der Waals surface area contributed by atoms with Gasteiger partial charge in [-0.2, -0.15) is 5.10 Å². The summed E-state index contributed by atoms with van der Waals surface area (Å²) in [5.41, 5.74) is 2.26. The molecular formula is C24H27FN4O3. The summed E-state index contributed by atoms with van der Waals surface area (Å²) in [7, 11) is 3.98. The maximum atomic E-state index is 14.9. The normalized spacial score (nSPS) is 15.2. The number of benzene rings is 2. The molecule has 2 aromatic carbocycles. The summed E-state index contributed by atoms with van der Waals surface area (Å²) in [6.45, 7) is 1.57. The first-order chi connectivity index (χ1) is 15.5. The monoisotopic (exact) mass is 438 g/mol. The molecule has 1 aliphatic rings. The molecule has 0 aliphatic carbocycles. The van der Waals surface area contributed by atoms with E-state index in [0.717, 1.165) is 24.3 Å². The Balaban J connectivity index is 1.53. The SMILES string of the molecule is CN(C)CCCOc1cc(-c2cn[nH]c2)c(F)cc1NC(=O)C1COc2ccccc2C1. The van der Waals surface area contributed by atoms with Crippen LogP contribution in [0.1, 0.15) is 12.0 Å². The highest BCUT2D eigenvalue weighted by Gasteiger charge is 2.27. The maximum absolute atomic E-state index is 14.9. The zero-order chi connectivity index (χ0) is 22.5. The van der Waals surface area contributed by atoms with Gasteiger partial charge in [0.15, 0.2) is 0 Å². The number of aromatic nitrogens is 2. The number of nitrogens with zero attached hydrogens (tertiary/aromatic N) is 2. The van der Waals surface area contributed by atoms with Gasteiger partial charge in [0.1, 0.15) is 23.9 Å².